The van der Waals surface area contributed by atoms with Crippen molar-refractivity contribution in [1.29, 1.82) is 0 Å². The standard InChI is InChI=1S/C20H33N5O3S/c1-21-20(23-15-17-9-12-25(13-10-17)29(4,27)28)22-11-8-16-6-5-7-18(14-16)19(26)24(2)3/h5-7,14,17H,8-13,15H2,1-4H3,(H2,21,22,23). The Kier molecular flexibility index (Phi) is 8.45. The molecule has 2 rings (SSSR count). The number of aliphatic imine (C=N–C) groups is 1. The zero-order valence-corrected chi connectivity index (χ0v) is 18.6. The van der Waals surface area contributed by atoms with E-state index in [4.69, 9.17) is 0 Å². The molecule has 0 atom stereocenters. The molecular formula is C20H33N5O3S. The number of carbonyl (C=O) groups is 1. The molecule has 1 aliphatic rings. The third-order valence-electron chi connectivity index (χ3n) is 5.11. The molecule has 9 heteroatoms. The zero-order valence-electron chi connectivity index (χ0n) is 17.8. The van der Waals surface area contributed by atoms with Crippen LogP contribution in [0.4, 0.5) is 0 Å². The molecule has 0 bridgehead atoms. The summed E-state index contributed by atoms with van der Waals surface area (Å²) in [6, 6.07) is 7.67. The van der Waals surface area contributed by atoms with Gasteiger partial charge in [0.2, 0.25) is 10.0 Å². The lowest BCUT2D eigenvalue weighted by atomic mass is 9.98. The number of nitrogens with zero attached hydrogens (tertiary/aromatic N) is 3. The van der Waals surface area contributed by atoms with Crippen LogP contribution in [0.5, 0.6) is 0 Å². The van der Waals surface area contributed by atoms with Gasteiger partial charge in [-0.1, -0.05) is 12.1 Å². The van der Waals surface area contributed by atoms with Gasteiger partial charge >= 0.3 is 0 Å². The number of nitrogens with one attached hydrogen (secondary N) is 2. The lowest BCUT2D eigenvalue weighted by Crippen LogP contribution is -2.44. The normalized spacial score (nSPS) is 16.5. The van der Waals surface area contributed by atoms with Crippen molar-refractivity contribution in [1.82, 2.24) is 19.8 Å². The SMILES string of the molecule is CN=C(NCCc1cccc(C(=O)N(C)C)c1)NCC1CCN(S(C)(=O)=O)CC1. The molecule has 162 valence electrons. The van der Waals surface area contributed by atoms with E-state index in [9.17, 15) is 13.2 Å². The summed E-state index contributed by atoms with van der Waals surface area (Å²) in [5.74, 6) is 1.16. The minimum atomic E-state index is -3.08. The Bertz CT molecular complexity index is 815. The number of hydrogen-bond acceptors (Lipinski definition) is 4. The van der Waals surface area contributed by atoms with E-state index in [0.717, 1.165) is 37.3 Å². The highest BCUT2D eigenvalue weighted by atomic mass is 32.2. The molecule has 0 radical (unpaired) electrons. The van der Waals surface area contributed by atoms with Gasteiger partial charge in [0.1, 0.15) is 0 Å². The third kappa shape index (κ3) is 7.32. The fraction of sp³-hybridized carbons (Fsp3) is 0.600. The molecule has 0 aliphatic carbocycles. The summed E-state index contributed by atoms with van der Waals surface area (Å²) >= 11 is 0. The maximum atomic E-state index is 12.1. The molecule has 1 saturated heterocycles. The van der Waals surface area contributed by atoms with Crippen LogP contribution in [-0.2, 0) is 16.4 Å². The number of benzene rings is 1. The van der Waals surface area contributed by atoms with E-state index in [1.807, 2.05) is 24.3 Å². The molecule has 0 saturated carbocycles. The van der Waals surface area contributed by atoms with Gasteiger partial charge in [-0.05, 0) is 42.9 Å². The second-order valence-corrected chi connectivity index (χ2v) is 9.62. The zero-order chi connectivity index (χ0) is 21.4. The van der Waals surface area contributed by atoms with E-state index in [-0.39, 0.29) is 5.91 Å². The fourth-order valence-corrected chi connectivity index (χ4v) is 4.22. The van der Waals surface area contributed by atoms with E-state index in [1.165, 1.54) is 6.26 Å². The van der Waals surface area contributed by atoms with Crippen LogP contribution in [0.25, 0.3) is 0 Å². The first kappa shape index (κ1) is 23.2. The van der Waals surface area contributed by atoms with Gasteiger partial charge < -0.3 is 15.5 Å². The molecular weight excluding hydrogens is 390 g/mol. The highest BCUT2D eigenvalue weighted by Crippen LogP contribution is 2.18. The Morgan fingerprint density at radius 3 is 2.52 bits per heavy atom. The minimum absolute atomic E-state index is 0.000735. The summed E-state index contributed by atoms with van der Waals surface area (Å²) < 4.78 is 24.7. The van der Waals surface area contributed by atoms with Gasteiger partial charge in [-0.25, -0.2) is 12.7 Å². The largest absolute Gasteiger partial charge is 0.356 e. The average Bonchev–Trinajstić information content (AvgIpc) is 2.69. The van der Waals surface area contributed by atoms with Crippen LogP contribution in [0.3, 0.4) is 0 Å². The lowest BCUT2D eigenvalue weighted by Gasteiger charge is -2.30. The van der Waals surface area contributed by atoms with E-state index in [1.54, 1.807) is 30.3 Å². The summed E-state index contributed by atoms with van der Waals surface area (Å²) in [4.78, 5) is 17.9. The first-order valence-electron chi connectivity index (χ1n) is 9.91. The Morgan fingerprint density at radius 2 is 1.93 bits per heavy atom. The topological polar surface area (TPSA) is 94.1 Å². The maximum Gasteiger partial charge on any atom is 0.253 e. The first-order valence-corrected chi connectivity index (χ1v) is 11.8. The number of piperidine rings is 1. The summed E-state index contributed by atoms with van der Waals surface area (Å²) in [5, 5.41) is 6.63. The average molecular weight is 424 g/mol. The monoisotopic (exact) mass is 423 g/mol. The van der Waals surface area contributed by atoms with Gasteiger partial charge in [0.05, 0.1) is 6.26 Å². The number of guanidine groups is 1. The molecule has 1 aromatic carbocycles. The van der Waals surface area contributed by atoms with Gasteiger partial charge in [-0.3, -0.25) is 9.79 Å². The van der Waals surface area contributed by atoms with E-state index < -0.39 is 10.0 Å². The summed E-state index contributed by atoms with van der Waals surface area (Å²) in [5.41, 5.74) is 1.78. The van der Waals surface area contributed by atoms with Crippen LogP contribution < -0.4 is 10.6 Å². The molecule has 8 nitrogen and oxygen atoms in total. The van der Waals surface area contributed by atoms with Crippen LogP contribution in [0.1, 0.15) is 28.8 Å². The second kappa shape index (κ2) is 10.6. The molecule has 2 N–H and O–H groups in total. The predicted octanol–water partition coefficient (Wildman–Crippen LogP) is 0.768. The van der Waals surface area contributed by atoms with Crippen molar-refractivity contribution >= 4 is 21.9 Å². The Hall–Kier alpha value is -2.13. The summed E-state index contributed by atoms with van der Waals surface area (Å²) in [6.07, 6.45) is 3.75. The summed E-state index contributed by atoms with van der Waals surface area (Å²) in [7, 11) is 2.14. The summed E-state index contributed by atoms with van der Waals surface area (Å²) in [6.45, 7) is 2.63. The van der Waals surface area contributed by atoms with Gasteiger partial charge in [-0.2, -0.15) is 0 Å². The van der Waals surface area contributed by atoms with Crippen molar-refractivity contribution in [3.63, 3.8) is 0 Å². The molecule has 29 heavy (non-hydrogen) atoms. The van der Waals surface area contributed by atoms with Crippen LogP contribution >= 0.6 is 0 Å². The number of amides is 1. The smallest absolute Gasteiger partial charge is 0.253 e. The van der Waals surface area contributed by atoms with Gasteiger partial charge in [0.15, 0.2) is 5.96 Å². The third-order valence-corrected chi connectivity index (χ3v) is 6.41. The molecule has 0 unspecified atom stereocenters. The molecule has 1 aromatic rings. The fourth-order valence-electron chi connectivity index (χ4n) is 3.35. The number of carbonyl (C=O) groups excluding carboxylic acids is 1. The molecule has 0 spiro atoms. The molecule has 1 fully saturated rings. The lowest BCUT2D eigenvalue weighted by molar-refractivity contribution is 0.0827. The van der Waals surface area contributed by atoms with Crippen molar-refractivity contribution in [2.75, 3.05) is 53.6 Å². The van der Waals surface area contributed by atoms with Gasteiger partial charge in [-0.15, -0.1) is 0 Å². The van der Waals surface area contributed by atoms with Crippen LogP contribution in [0.2, 0.25) is 0 Å². The molecule has 0 aromatic heterocycles. The molecule has 1 amide bonds. The van der Waals surface area contributed by atoms with E-state index in [0.29, 0.717) is 31.1 Å². The molecule has 1 aliphatic heterocycles. The van der Waals surface area contributed by atoms with E-state index >= 15 is 0 Å². The minimum Gasteiger partial charge on any atom is -0.356 e. The van der Waals surface area contributed by atoms with Crippen molar-refractivity contribution in [2.45, 2.75) is 19.3 Å². The first-order chi connectivity index (χ1) is 13.7. The van der Waals surface area contributed by atoms with Crippen LogP contribution in [-0.4, -0.2) is 83.1 Å². The van der Waals surface area contributed by atoms with Crippen molar-refractivity contribution in [3.8, 4) is 0 Å². The maximum absolute atomic E-state index is 12.1. The highest BCUT2D eigenvalue weighted by molar-refractivity contribution is 7.88. The van der Waals surface area contributed by atoms with Gasteiger partial charge in [0, 0.05) is 52.9 Å². The predicted molar refractivity (Wildman–Crippen MR) is 117 cm³/mol. The van der Waals surface area contributed by atoms with Crippen molar-refractivity contribution < 1.29 is 13.2 Å². The van der Waals surface area contributed by atoms with Crippen LogP contribution in [0.15, 0.2) is 29.3 Å². The Labute approximate surface area is 174 Å². The number of hydrogen-bond donors (Lipinski definition) is 2. The van der Waals surface area contributed by atoms with E-state index in [2.05, 4.69) is 15.6 Å². The Balaban J connectivity index is 1.75. The molecule has 1 heterocycles. The second-order valence-electron chi connectivity index (χ2n) is 7.64. The number of rotatable bonds is 7. The van der Waals surface area contributed by atoms with Crippen molar-refractivity contribution in [3.05, 3.63) is 35.4 Å². The quantitative estimate of drug-likeness (QED) is 0.499. The van der Waals surface area contributed by atoms with Gasteiger partial charge in [0.25, 0.3) is 5.91 Å². The Morgan fingerprint density at radius 1 is 1.24 bits per heavy atom. The highest BCUT2D eigenvalue weighted by Gasteiger charge is 2.24. The van der Waals surface area contributed by atoms with Crippen molar-refractivity contribution in [2.24, 2.45) is 10.9 Å². The van der Waals surface area contributed by atoms with Crippen LogP contribution in [0, 0.1) is 5.92 Å². The number of sulfonamides is 1.